The monoisotopic (exact) mass is 232 g/mol. The van der Waals surface area contributed by atoms with Crippen LogP contribution in [-0.2, 0) is 16.0 Å². The summed E-state index contributed by atoms with van der Waals surface area (Å²) in [4.78, 5) is 15.9. The van der Waals surface area contributed by atoms with Gasteiger partial charge in [-0.2, -0.15) is 0 Å². The Balaban J connectivity index is 2.06. The van der Waals surface area contributed by atoms with Gasteiger partial charge in [0.15, 0.2) is 6.29 Å². The molecule has 1 aromatic carbocycles. The van der Waals surface area contributed by atoms with Crippen LogP contribution in [0.4, 0.5) is 0 Å². The first-order valence-corrected chi connectivity index (χ1v) is 5.52. The van der Waals surface area contributed by atoms with Crippen molar-refractivity contribution in [3.8, 4) is 0 Å². The molecule has 2 heterocycles. The first-order chi connectivity index (χ1) is 8.34. The van der Waals surface area contributed by atoms with Crippen LogP contribution < -0.4 is 5.56 Å². The highest BCUT2D eigenvalue weighted by atomic mass is 16.7. The average molecular weight is 232 g/mol. The van der Waals surface area contributed by atoms with Gasteiger partial charge < -0.3 is 14.0 Å². The Bertz CT molecular complexity index is 588. The summed E-state index contributed by atoms with van der Waals surface area (Å²) >= 11 is 0. The van der Waals surface area contributed by atoms with Crippen molar-refractivity contribution in [3.05, 3.63) is 40.8 Å². The Morgan fingerprint density at radius 3 is 2.88 bits per heavy atom. The predicted octanol–water partition coefficient (Wildman–Crippen LogP) is 0.769. The molecule has 1 aromatic heterocycles. The van der Waals surface area contributed by atoms with E-state index in [9.17, 15) is 4.79 Å². The van der Waals surface area contributed by atoms with E-state index in [4.69, 9.17) is 9.47 Å². The predicted molar refractivity (Wildman–Crippen MR) is 61.7 cm³/mol. The molecular formula is C12H12N2O3. The molecule has 0 spiro atoms. The number of para-hydroxylation sites is 2. The fourth-order valence-electron chi connectivity index (χ4n) is 1.96. The molecule has 17 heavy (non-hydrogen) atoms. The molecule has 2 aromatic rings. The zero-order chi connectivity index (χ0) is 11.7. The highest BCUT2D eigenvalue weighted by Crippen LogP contribution is 2.11. The second-order valence-electron chi connectivity index (χ2n) is 3.87. The lowest BCUT2D eigenvalue weighted by Crippen LogP contribution is -2.27. The third kappa shape index (κ3) is 1.94. The standard InChI is InChI=1S/C12H12N2O3/c15-11-7-13-9-3-1-2-4-10(9)14(11)8-12-16-5-6-17-12/h1-4,7,12H,5-6,8H2. The molecule has 5 heteroatoms. The van der Waals surface area contributed by atoms with E-state index < -0.39 is 0 Å². The lowest BCUT2D eigenvalue weighted by Gasteiger charge is -2.13. The molecule has 0 amide bonds. The molecule has 0 N–H and O–H groups in total. The van der Waals surface area contributed by atoms with E-state index >= 15 is 0 Å². The van der Waals surface area contributed by atoms with Crippen molar-refractivity contribution in [2.45, 2.75) is 12.8 Å². The molecule has 3 rings (SSSR count). The molecule has 0 bridgehead atoms. The lowest BCUT2D eigenvalue weighted by molar-refractivity contribution is -0.0523. The van der Waals surface area contributed by atoms with Gasteiger partial charge in [-0.3, -0.25) is 4.79 Å². The number of benzene rings is 1. The van der Waals surface area contributed by atoms with E-state index in [-0.39, 0.29) is 11.8 Å². The third-order valence-electron chi connectivity index (χ3n) is 2.78. The van der Waals surface area contributed by atoms with Crippen molar-refractivity contribution in [2.24, 2.45) is 0 Å². The van der Waals surface area contributed by atoms with Crippen LogP contribution in [0.3, 0.4) is 0 Å². The van der Waals surface area contributed by atoms with Crippen molar-refractivity contribution in [1.82, 2.24) is 9.55 Å². The van der Waals surface area contributed by atoms with E-state index in [2.05, 4.69) is 4.98 Å². The van der Waals surface area contributed by atoms with E-state index in [0.717, 1.165) is 11.0 Å². The van der Waals surface area contributed by atoms with E-state index in [0.29, 0.717) is 19.8 Å². The van der Waals surface area contributed by atoms with Gasteiger partial charge in [0.25, 0.3) is 5.56 Å². The molecule has 0 saturated carbocycles. The summed E-state index contributed by atoms with van der Waals surface area (Å²) in [6.07, 6.45) is 0.996. The van der Waals surface area contributed by atoms with Crippen molar-refractivity contribution in [3.63, 3.8) is 0 Å². The third-order valence-corrected chi connectivity index (χ3v) is 2.78. The average Bonchev–Trinajstić information content (AvgIpc) is 2.86. The molecule has 1 aliphatic rings. The molecular weight excluding hydrogens is 220 g/mol. The first-order valence-electron chi connectivity index (χ1n) is 5.52. The quantitative estimate of drug-likeness (QED) is 0.767. The van der Waals surface area contributed by atoms with Crippen molar-refractivity contribution in [2.75, 3.05) is 13.2 Å². The molecule has 1 saturated heterocycles. The number of nitrogens with zero attached hydrogens (tertiary/aromatic N) is 2. The lowest BCUT2D eigenvalue weighted by atomic mass is 10.3. The summed E-state index contributed by atoms with van der Waals surface area (Å²) in [5.74, 6) is 0. The topological polar surface area (TPSA) is 53.4 Å². The Morgan fingerprint density at radius 2 is 2.06 bits per heavy atom. The minimum Gasteiger partial charge on any atom is -0.348 e. The SMILES string of the molecule is O=c1cnc2ccccc2n1CC1OCCO1. The molecule has 0 aliphatic carbocycles. The summed E-state index contributed by atoms with van der Waals surface area (Å²) in [5, 5.41) is 0. The van der Waals surface area contributed by atoms with Crippen LogP contribution in [0, 0.1) is 0 Å². The summed E-state index contributed by atoms with van der Waals surface area (Å²) < 4.78 is 12.4. The van der Waals surface area contributed by atoms with Crippen LogP contribution in [0.5, 0.6) is 0 Å². The molecule has 0 radical (unpaired) electrons. The molecule has 5 nitrogen and oxygen atoms in total. The first kappa shape index (κ1) is 10.4. The summed E-state index contributed by atoms with van der Waals surface area (Å²) in [5.41, 5.74) is 1.46. The van der Waals surface area contributed by atoms with Crippen molar-refractivity contribution in [1.29, 1.82) is 0 Å². The molecule has 0 unspecified atom stereocenters. The van der Waals surface area contributed by atoms with E-state index in [1.165, 1.54) is 6.20 Å². The Morgan fingerprint density at radius 1 is 1.29 bits per heavy atom. The second-order valence-corrected chi connectivity index (χ2v) is 3.87. The van der Waals surface area contributed by atoms with Gasteiger partial charge in [-0.25, -0.2) is 4.98 Å². The van der Waals surface area contributed by atoms with Crippen molar-refractivity contribution < 1.29 is 9.47 Å². The summed E-state index contributed by atoms with van der Waals surface area (Å²) in [6, 6.07) is 7.53. The maximum Gasteiger partial charge on any atom is 0.269 e. The van der Waals surface area contributed by atoms with Gasteiger partial charge in [-0.1, -0.05) is 12.1 Å². The van der Waals surface area contributed by atoms with Crippen LogP contribution in [-0.4, -0.2) is 29.1 Å². The zero-order valence-electron chi connectivity index (χ0n) is 9.20. The minimum atomic E-state index is -0.335. The molecule has 0 atom stereocenters. The Kier molecular flexibility index (Phi) is 2.62. The number of ether oxygens (including phenoxy) is 2. The molecule has 1 fully saturated rings. The summed E-state index contributed by atoms with van der Waals surface area (Å²) in [7, 11) is 0. The normalized spacial score (nSPS) is 16.7. The highest BCUT2D eigenvalue weighted by molar-refractivity contribution is 5.74. The van der Waals surface area contributed by atoms with Gasteiger partial charge in [0, 0.05) is 0 Å². The maximum atomic E-state index is 11.8. The molecule has 88 valence electrons. The van der Waals surface area contributed by atoms with E-state index in [1.54, 1.807) is 4.57 Å². The number of hydrogen-bond acceptors (Lipinski definition) is 4. The van der Waals surface area contributed by atoms with Crippen LogP contribution in [0.1, 0.15) is 0 Å². The fraction of sp³-hybridized carbons (Fsp3) is 0.333. The van der Waals surface area contributed by atoms with Crippen molar-refractivity contribution >= 4 is 11.0 Å². The number of rotatable bonds is 2. The number of hydrogen-bond donors (Lipinski definition) is 0. The number of fused-ring (bicyclic) bond motifs is 1. The Labute approximate surface area is 97.6 Å². The van der Waals surface area contributed by atoms with Gasteiger partial charge in [-0.05, 0) is 12.1 Å². The minimum absolute atomic E-state index is 0.136. The van der Waals surface area contributed by atoms with Crippen LogP contribution >= 0.6 is 0 Å². The maximum absolute atomic E-state index is 11.8. The smallest absolute Gasteiger partial charge is 0.269 e. The second kappa shape index (κ2) is 4.27. The van der Waals surface area contributed by atoms with Gasteiger partial charge in [-0.15, -0.1) is 0 Å². The van der Waals surface area contributed by atoms with Crippen LogP contribution in [0.25, 0.3) is 11.0 Å². The van der Waals surface area contributed by atoms with Crippen LogP contribution in [0.2, 0.25) is 0 Å². The fourth-order valence-corrected chi connectivity index (χ4v) is 1.96. The van der Waals surface area contributed by atoms with Gasteiger partial charge in [0.2, 0.25) is 0 Å². The largest absolute Gasteiger partial charge is 0.348 e. The van der Waals surface area contributed by atoms with E-state index in [1.807, 2.05) is 24.3 Å². The number of aromatic nitrogens is 2. The van der Waals surface area contributed by atoms with Gasteiger partial charge in [0.1, 0.15) is 0 Å². The van der Waals surface area contributed by atoms with Crippen LogP contribution in [0.15, 0.2) is 35.3 Å². The van der Waals surface area contributed by atoms with Gasteiger partial charge >= 0.3 is 0 Å². The Hall–Kier alpha value is -1.72. The van der Waals surface area contributed by atoms with Gasteiger partial charge in [0.05, 0.1) is 37.0 Å². The highest BCUT2D eigenvalue weighted by Gasteiger charge is 2.18. The zero-order valence-corrected chi connectivity index (χ0v) is 9.20. The molecule has 1 aliphatic heterocycles. The summed E-state index contributed by atoms with van der Waals surface area (Å²) in [6.45, 7) is 1.58.